The van der Waals surface area contributed by atoms with Crippen molar-refractivity contribution in [3.8, 4) is 5.75 Å². The number of benzene rings is 1. The molecule has 0 aliphatic carbocycles. The molecular weight excluding hydrogens is 264 g/mol. The molecule has 1 aromatic rings. The van der Waals surface area contributed by atoms with Crippen molar-refractivity contribution in [3.05, 3.63) is 28.3 Å². The second kappa shape index (κ2) is 5.04. The van der Waals surface area contributed by atoms with Gasteiger partial charge in [-0.25, -0.2) is 0 Å². The van der Waals surface area contributed by atoms with Crippen LogP contribution in [0.2, 0.25) is 5.02 Å². The number of carboxylic acids is 1. The Morgan fingerprint density at radius 2 is 1.63 bits per heavy atom. The molecule has 1 aromatic carbocycles. The molecule has 0 heterocycles. The summed E-state index contributed by atoms with van der Waals surface area (Å²) in [4.78, 5) is 11.0. The highest BCUT2D eigenvalue weighted by molar-refractivity contribution is 6.30. The Kier molecular flexibility index (Phi) is 4.20. The van der Waals surface area contributed by atoms with Crippen LogP contribution in [0.4, 0.5) is 0 Å². The maximum absolute atomic E-state index is 11.0. The average Bonchev–Trinajstić information content (AvgIpc) is 2.17. The van der Waals surface area contributed by atoms with E-state index in [1.807, 2.05) is 20.8 Å². The van der Waals surface area contributed by atoms with Gasteiger partial charge in [0.1, 0.15) is 5.75 Å². The van der Waals surface area contributed by atoms with E-state index in [1.54, 1.807) is 26.0 Å². The number of carboxylic acid groups (broad SMARTS) is 1. The lowest BCUT2D eigenvalue weighted by molar-refractivity contribution is -0.138. The predicted octanol–water partition coefficient (Wildman–Crippen LogP) is 4.10. The Bertz CT molecular complexity index is 499. The number of carbonyl (C=O) groups is 1. The Labute approximate surface area is 119 Å². The van der Waals surface area contributed by atoms with Crippen molar-refractivity contribution in [1.29, 1.82) is 0 Å². The summed E-state index contributed by atoms with van der Waals surface area (Å²) >= 11 is 6.11. The monoisotopic (exact) mass is 284 g/mol. The normalized spacial score (nSPS) is 12.5. The molecule has 0 saturated carbocycles. The lowest BCUT2D eigenvalue weighted by Gasteiger charge is -2.29. The minimum absolute atomic E-state index is 0.0650. The van der Waals surface area contributed by atoms with Crippen molar-refractivity contribution in [2.45, 2.75) is 51.9 Å². The van der Waals surface area contributed by atoms with Crippen LogP contribution < -0.4 is 0 Å². The highest BCUT2D eigenvalue weighted by Crippen LogP contribution is 2.42. The molecule has 0 fully saturated rings. The standard InChI is InChI=1S/C15H21ClO3/c1-14(2,3)10-6-9(16)7-11(13(10)19)15(4,5)8-12(17)18/h6-7,19H,8H2,1-5H3,(H,17,18). The lowest BCUT2D eigenvalue weighted by atomic mass is 9.77. The number of aromatic hydroxyl groups is 1. The zero-order valence-corrected chi connectivity index (χ0v) is 12.8. The third-order valence-electron chi connectivity index (χ3n) is 3.20. The Morgan fingerprint density at radius 3 is 2.05 bits per heavy atom. The van der Waals surface area contributed by atoms with Crippen molar-refractivity contribution in [2.75, 3.05) is 0 Å². The Morgan fingerprint density at radius 1 is 1.16 bits per heavy atom. The third kappa shape index (κ3) is 3.63. The average molecular weight is 285 g/mol. The van der Waals surface area contributed by atoms with Crippen LogP contribution in [0.1, 0.15) is 52.2 Å². The number of rotatable bonds is 3. The lowest BCUT2D eigenvalue weighted by Crippen LogP contribution is -2.23. The molecule has 1 rings (SSSR count). The van der Waals surface area contributed by atoms with Crippen molar-refractivity contribution in [2.24, 2.45) is 0 Å². The quantitative estimate of drug-likeness (QED) is 0.879. The van der Waals surface area contributed by atoms with E-state index in [2.05, 4.69) is 0 Å². The van der Waals surface area contributed by atoms with Gasteiger partial charge in [0, 0.05) is 21.6 Å². The van der Waals surface area contributed by atoms with Gasteiger partial charge >= 0.3 is 5.97 Å². The molecule has 0 bridgehead atoms. The maximum Gasteiger partial charge on any atom is 0.304 e. The van der Waals surface area contributed by atoms with E-state index < -0.39 is 11.4 Å². The zero-order chi connectivity index (χ0) is 15.0. The first-order valence-corrected chi connectivity index (χ1v) is 6.58. The summed E-state index contributed by atoms with van der Waals surface area (Å²) < 4.78 is 0. The fraction of sp³-hybridized carbons (Fsp3) is 0.533. The van der Waals surface area contributed by atoms with Crippen LogP contribution in [-0.4, -0.2) is 16.2 Å². The first kappa shape index (κ1) is 15.8. The van der Waals surface area contributed by atoms with Gasteiger partial charge in [-0.15, -0.1) is 0 Å². The zero-order valence-electron chi connectivity index (χ0n) is 12.0. The van der Waals surface area contributed by atoms with Gasteiger partial charge in [-0.05, 0) is 17.5 Å². The smallest absolute Gasteiger partial charge is 0.304 e. The molecule has 2 N–H and O–H groups in total. The SMILES string of the molecule is CC(C)(C)c1cc(Cl)cc(C(C)(C)CC(=O)O)c1O. The third-order valence-corrected chi connectivity index (χ3v) is 3.42. The van der Waals surface area contributed by atoms with E-state index >= 15 is 0 Å². The number of hydrogen-bond acceptors (Lipinski definition) is 2. The van der Waals surface area contributed by atoms with Gasteiger partial charge < -0.3 is 10.2 Å². The van der Waals surface area contributed by atoms with Crippen LogP contribution in [0.5, 0.6) is 5.75 Å². The largest absolute Gasteiger partial charge is 0.507 e. The summed E-state index contributed by atoms with van der Waals surface area (Å²) in [6, 6.07) is 3.38. The van der Waals surface area contributed by atoms with E-state index in [9.17, 15) is 9.90 Å². The number of aliphatic carboxylic acids is 1. The summed E-state index contributed by atoms with van der Waals surface area (Å²) in [6.45, 7) is 9.52. The van der Waals surface area contributed by atoms with Gasteiger partial charge in [-0.3, -0.25) is 4.79 Å². The highest BCUT2D eigenvalue weighted by atomic mass is 35.5. The predicted molar refractivity (Wildman–Crippen MR) is 77.1 cm³/mol. The van der Waals surface area contributed by atoms with Crippen molar-refractivity contribution in [1.82, 2.24) is 0 Å². The van der Waals surface area contributed by atoms with E-state index in [0.717, 1.165) is 5.56 Å². The topological polar surface area (TPSA) is 57.5 Å². The summed E-state index contributed by atoms with van der Waals surface area (Å²) in [5.41, 5.74) is 0.366. The van der Waals surface area contributed by atoms with E-state index in [0.29, 0.717) is 10.6 Å². The molecule has 3 nitrogen and oxygen atoms in total. The van der Waals surface area contributed by atoms with Gasteiger partial charge in [-0.2, -0.15) is 0 Å². The molecule has 0 atom stereocenters. The molecule has 4 heteroatoms. The Balaban J connectivity index is 3.45. The molecule has 0 unspecified atom stereocenters. The summed E-state index contributed by atoms with van der Waals surface area (Å²) in [7, 11) is 0. The van der Waals surface area contributed by atoms with Crippen molar-refractivity contribution in [3.63, 3.8) is 0 Å². The van der Waals surface area contributed by atoms with Gasteiger partial charge in [0.15, 0.2) is 0 Å². The van der Waals surface area contributed by atoms with Crippen molar-refractivity contribution >= 4 is 17.6 Å². The highest BCUT2D eigenvalue weighted by Gasteiger charge is 2.31. The first-order valence-electron chi connectivity index (χ1n) is 6.20. The fourth-order valence-corrected chi connectivity index (χ4v) is 2.38. The molecule has 19 heavy (non-hydrogen) atoms. The molecule has 0 saturated heterocycles. The number of phenolic OH excluding ortho intramolecular Hbond substituents is 1. The second-order valence-electron chi connectivity index (χ2n) is 6.55. The Hall–Kier alpha value is -1.22. The number of halogens is 1. The van der Waals surface area contributed by atoms with Crippen LogP contribution in [0.25, 0.3) is 0 Å². The molecular formula is C15H21ClO3. The molecule has 106 valence electrons. The molecule has 0 aliphatic rings. The molecule has 0 amide bonds. The van der Waals surface area contributed by atoms with Gasteiger partial charge in [0.2, 0.25) is 0 Å². The molecule has 0 aliphatic heterocycles. The minimum Gasteiger partial charge on any atom is -0.507 e. The summed E-state index contributed by atoms with van der Waals surface area (Å²) in [5, 5.41) is 19.9. The van der Waals surface area contributed by atoms with Crippen LogP contribution in [0.3, 0.4) is 0 Å². The van der Waals surface area contributed by atoms with E-state index in [4.69, 9.17) is 16.7 Å². The molecule has 0 aromatic heterocycles. The van der Waals surface area contributed by atoms with Gasteiger partial charge in [0.25, 0.3) is 0 Å². The summed E-state index contributed by atoms with van der Waals surface area (Å²) in [5.74, 6) is -0.759. The van der Waals surface area contributed by atoms with Crippen LogP contribution in [-0.2, 0) is 15.6 Å². The van der Waals surface area contributed by atoms with Crippen molar-refractivity contribution < 1.29 is 15.0 Å². The second-order valence-corrected chi connectivity index (χ2v) is 6.99. The van der Waals surface area contributed by atoms with Gasteiger partial charge in [-0.1, -0.05) is 46.2 Å². The first-order chi connectivity index (χ1) is 8.45. The van der Waals surface area contributed by atoms with Crippen LogP contribution in [0, 0.1) is 0 Å². The van der Waals surface area contributed by atoms with E-state index in [-0.39, 0.29) is 17.6 Å². The maximum atomic E-state index is 11.0. The van der Waals surface area contributed by atoms with Gasteiger partial charge in [0.05, 0.1) is 6.42 Å². The molecule has 0 spiro atoms. The minimum atomic E-state index is -0.901. The molecule has 0 radical (unpaired) electrons. The number of hydrogen-bond donors (Lipinski definition) is 2. The van der Waals surface area contributed by atoms with Crippen LogP contribution in [0.15, 0.2) is 12.1 Å². The fourth-order valence-electron chi connectivity index (χ4n) is 2.16. The van der Waals surface area contributed by atoms with E-state index in [1.165, 1.54) is 0 Å². The summed E-state index contributed by atoms with van der Waals surface area (Å²) in [6.07, 6.45) is -0.0650. The number of phenols is 1. The van der Waals surface area contributed by atoms with Crippen LogP contribution >= 0.6 is 11.6 Å².